The quantitative estimate of drug-likeness (QED) is 0.330. The van der Waals surface area contributed by atoms with E-state index in [1.807, 2.05) is 12.1 Å². The number of anilines is 1. The Balaban J connectivity index is 2.40. The van der Waals surface area contributed by atoms with Gasteiger partial charge in [0, 0.05) is 0 Å². The Morgan fingerprint density at radius 3 is 1.77 bits per heavy atom. The molecule has 0 heterocycles. The zero-order valence-electron chi connectivity index (χ0n) is 20.5. The van der Waals surface area contributed by atoms with Crippen LogP contribution >= 0.6 is 7.26 Å². The Kier molecular flexibility index (Phi) is 9.67. The number of aryl methyl sites for hydroxylation is 2. The number of nitrogens with one attached hydrogen (secondary N) is 1. The van der Waals surface area contributed by atoms with Gasteiger partial charge in [-0.25, -0.2) is 0 Å². The predicted molar refractivity (Wildman–Crippen MR) is 135 cm³/mol. The molecule has 1 N–H and O–H groups in total. The molecular weight excluding hydrogens is 389 g/mol. The molecule has 4 heteroatoms. The molecule has 30 heavy (non-hydrogen) atoms. The van der Waals surface area contributed by atoms with Gasteiger partial charge in [-0.2, -0.15) is 0 Å². The van der Waals surface area contributed by atoms with Crippen LogP contribution in [0.3, 0.4) is 0 Å². The summed E-state index contributed by atoms with van der Waals surface area (Å²) < 4.78 is 5.42. The van der Waals surface area contributed by atoms with Crippen molar-refractivity contribution in [3.8, 4) is 5.75 Å². The molecule has 1 saturated carbocycles. The van der Waals surface area contributed by atoms with Crippen molar-refractivity contribution in [2.45, 2.75) is 97.6 Å². The van der Waals surface area contributed by atoms with Gasteiger partial charge < -0.3 is 0 Å². The fourth-order valence-corrected chi connectivity index (χ4v) is 12.9. The summed E-state index contributed by atoms with van der Waals surface area (Å²) in [6.07, 6.45) is 15.0. The second-order valence-electron chi connectivity index (χ2n) is 9.62. The molecule has 0 radical (unpaired) electrons. The fourth-order valence-electron chi connectivity index (χ4n) is 5.64. The van der Waals surface area contributed by atoms with Crippen LogP contribution in [0, 0.1) is 13.8 Å². The van der Waals surface area contributed by atoms with E-state index in [1.165, 1.54) is 63.4 Å². The van der Waals surface area contributed by atoms with E-state index < -0.39 is 7.26 Å². The summed E-state index contributed by atoms with van der Waals surface area (Å²) >= 11 is 0. The number of amides is 1. The van der Waals surface area contributed by atoms with Gasteiger partial charge in [-0.1, -0.05) is 0 Å². The molecule has 0 atom stereocenters. The molecule has 1 aromatic carbocycles. The van der Waals surface area contributed by atoms with Crippen LogP contribution in [0.2, 0.25) is 0 Å². The van der Waals surface area contributed by atoms with Crippen LogP contribution in [0.1, 0.15) is 89.7 Å². The molecule has 3 nitrogen and oxygen atoms in total. The van der Waals surface area contributed by atoms with Crippen molar-refractivity contribution in [3.05, 3.63) is 23.3 Å². The summed E-state index contributed by atoms with van der Waals surface area (Å²) in [5.41, 5.74) is 3.19. The number of benzene rings is 1. The zero-order valence-corrected chi connectivity index (χ0v) is 21.5. The normalized spacial score (nSPS) is 16.1. The second kappa shape index (κ2) is 11.5. The third kappa shape index (κ3) is 5.21. The standard InChI is InChI=1S/C26H46NO2P/c1-7-10-16-30(17-11-8-2,18-12-9-3)26(14-13-15-26)25(28)27-24-21(4)19-23(29-6)20-22(24)5/h19-20,30H,7-18H2,1-6H3,(H,27,28). The number of unbranched alkanes of at least 4 members (excludes halogenated alkanes) is 3. The van der Waals surface area contributed by atoms with Crippen LogP contribution in [-0.4, -0.2) is 36.7 Å². The second-order valence-corrected chi connectivity index (χ2v) is 14.6. The van der Waals surface area contributed by atoms with Gasteiger partial charge in [0.25, 0.3) is 0 Å². The molecule has 1 amide bonds. The predicted octanol–water partition coefficient (Wildman–Crippen LogP) is 7.32. The third-order valence-corrected chi connectivity index (χ3v) is 14.4. The average molecular weight is 436 g/mol. The van der Waals surface area contributed by atoms with Crippen LogP contribution in [0.25, 0.3) is 0 Å². The van der Waals surface area contributed by atoms with Gasteiger partial charge in [0.1, 0.15) is 0 Å². The maximum atomic E-state index is 14.0. The first-order valence-corrected chi connectivity index (χ1v) is 15.0. The fraction of sp³-hybridized carbons (Fsp3) is 0.731. The molecule has 2 rings (SSSR count). The Bertz CT molecular complexity index is 651. The number of carbonyl (C=O) groups is 1. The van der Waals surface area contributed by atoms with Crippen molar-refractivity contribution >= 4 is 18.9 Å². The van der Waals surface area contributed by atoms with Crippen LogP contribution in [0.5, 0.6) is 5.75 Å². The summed E-state index contributed by atoms with van der Waals surface area (Å²) in [4.78, 5) is 14.0. The van der Waals surface area contributed by atoms with E-state index in [-0.39, 0.29) is 5.16 Å². The van der Waals surface area contributed by atoms with Crippen LogP contribution in [0.15, 0.2) is 12.1 Å². The van der Waals surface area contributed by atoms with E-state index >= 15 is 0 Å². The van der Waals surface area contributed by atoms with Crippen molar-refractivity contribution in [2.75, 3.05) is 30.9 Å². The van der Waals surface area contributed by atoms with Crippen molar-refractivity contribution in [2.24, 2.45) is 0 Å². The minimum atomic E-state index is -1.73. The molecule has 1 aromatic rings. The molecule has 0 aliphatic heterocycles. The Hall–Kier alpha value is -1.08. The van der Waals surface area contributed by atoms with E-state index in [0.717, 1.165) is 35.4 Å². The number of methoxy groups -OCH3 is 1. The first-order valence-electron chi connectivity index (χ1n) is 12.4. The number of carbonyl (C=O) groups excluding carboxylic acids is 1. The van der Waals surface area contributed by atoms with E-state index in [1.54, 1.807) is 7.11 Å². The average Bonchev–Trinajstić information content (AvgIpc) is 2.70. The molecule has 1 aliphatic carbocycles. The molecule has 1 aliphatic rings. The summed E-state index contributed by atoms with van der Waals surface area (Å²) in [5, 5.41) is 3.38. The SMILES string of the molecule is CCCC[PH](CCCC)(CCCC)C1(C(=O)Nc2c(C)cc(OC)cc2C)CCC1. The van der Waals surface area contributed by atoms with Crippen molar-refractivity contribution in [1.29, 1.82) is 0 Å². The summed E-state index contributed by atoms with van der Waals surface area (Å²) in [6.45, 7) is 11.1. The number of hydrogen-bond donors (Lipinski definition) is 1. The Morgan fingerprint density at radius 1 is 0.967 bits per heavy atom. The molecule has 0 aromatic heterocycles. The van der Waals surface area contributed by atoms with E-state index in [2.05, 4.69) is 39.9 Å². The van der Waals surface area contributed by atoms with Crippen molar-refractivity contribution in [1.82, 2.24) is 0 Å². The molecule has 0 unspecified atom stereocenters. The first kappa shape index (κ1) is 25.2. The van der Waals surface area contributed by atoms with Gasteiger partial charge in [0.15, 0.2) is 0 Å². The van der Waals surface area contributed by atoms with Gasteiger partial charge in [-0.3, -0.25) is 0 Å². The third-order valence-electron chi connectivity index (χ3n) is 7.66. The van der Waals surface area contributed by atoms with Gasteiger partial charge in [-0.15, -0.1) is 0 Å². The molecule has 0 saturated heterocycles. The summed E-state index contributed by atoms with van der Waals surface area (Å²) in [7, 11) is -0.0322. The van der Waals surface area contributed by atoms with Gasteiger partial charge >= 0.3 is 186 Å². The molecule has 0 bridgehead atoms. The van der Waals surface area contributed by atoms with Gasteiger partial charge in [0.05, 0.1) is 0 Å². The monoisotopic (exact) mass is 435 g/mol. The maximum absolute atomic E-state index is 14.0. The van der Waals surface area contributed by atoms with Crippen LogP contribution in [0.4, 0.5) is 5.69 Å². The number of ether oxygens (including phenoxy) is 1. The van der Waals surface area contributed by atoms with E-state index in [0.29, 0.717) is 5.91 Å². The van der Waals surface area contributed by atoms with E-state index in [9.17, 15) is 4.79 Å². The van der Waals surface area contributed by atoms with Crippen molar-refractivity contribution < 1.29 is 9.53 Å². The Morgan fingerprint density at radius 2 is 1.43 bits per heavy atom. The zero-order chi connectivity index (χ0) is 22.2. The van der Waals surface area contributed by atoms with Gasteiger partial charge in [0.2, 0.25) is 0 Å². The van der Waals surface area contributed by atoms with Crippen LogP contribution in [-0.2, 0) is 4.79 Å². The molecule has 1 fully saturated rings. The van der Waals surface area contributed by atoms with Gasteiger partial charge in [-0.05, 0) is 0 Å². The summed E-state index contributed by atoms with van der Waals surface area (Å²) in [6, 6.07) is 4.07. The molecule has 172 valence electrons. The summed E-state index contributed by atoms with van der Waals surface area (Å²) in [5.74, 6) is 1.19. The Labute approximate surface area is 186 Å². The van der Waals surface area contributed by atoms with E-state index in [4.69, 9.17) is 4.74 Å². The van der Waals surface area contributed by atoms with Crippen molar-refractivity contribution in [3.63, 3.8) is 0 Å². The molecular formula is C26H46NO2P. The number of rotatable bonds is 13. The first-order chi connectivity index (χ1) is 14.4. The number of hydrogen-bond acceptors (Lipinski definition) is 2. The minimum absolute atomic E-state index is 0.0642. The van der Waals surface area contributed by atoms with Crippen LogP contribution < -0.4 is 10.1 Å². The molecule has 0 spiro atoms. The topological polar surface area (TPSA) is 38.3 Å².